The molecule has 0 amide bonds. The van der Waals surface area contributed by atoms with Crippen LogP contribution < -0.4 is 0 Å². The van der Waals surface area contributed by atoms with Crippen molar-refractivity contribution in [2.75, 3.05) is 6.61 Å². The molecule has 1 saturated carbocycles. The zero-order chi connectivity index (χ0) is 12.0. The Morgan fingerprint density at radius 3 is 2.41 bits per heavy atom. The van der Waals surface area contributed by atoms with Gasteiger partial charge in [0.2, 0.25) is 0 Å². The van der Waals surface area contributed by atoms with E-state index in [0.717, 1.165) is 19.4 Å². The summed E-state index contributed by atoms with van der Waals surface area (Å²) in [4.78, 5) is 0. The quantitative estimate of drug-likeness (QED) is 0.733. The third-order valence-electron chi connectivity index (χ3n) is 3.75. The maximum atomic E-state index is 6.22. The smallest absolute Gasteiger partial charge is 0.0722 e. The minimum Gasteiger partial charge on any atom is -0.375 e. The van der Waals surface area contributed by atoms with E-state index in [1.807, 2.05) is 0 Å². The second-order valence-corrected chi connectivity index (χ2v) is 5.25. The van der Waals surface area contributed by atoms with Crippen molar-refractivity contribution in [2.45, 2.75) is 57.5 Å². The van der Waals surface area contributed by atoms with Crippen molar-refractivity contribution in [3.05, 3.63) is 35.9 Å². The molecule has 1 heteroatoms. The normalized spacial score (nSPS) is 19.1. The fourth-order valence-electron chi connectivity index (χ4n) is 2.85. The van der Waals surface area contributed by atoms with E-state index in [1.165, 1.54) is 37.7 Å². The number of ether oxygens (including phenoxy) is 1. The molecule has 1 aliphatic rings. The summed E-state index contributed by atoms with van der Waals surface area (Å²) < 4.78 is 6.22. The highest BCUT2D eigenvalue weighted by atomic mass is 16.5. The topological polar surface area (TPSA) is 9.23 Å². The van der Waals surface area contributed by atoms with Gasteiger partial charge >= 0.3 is 0 Å². The molecule has 1 aliphatic carbocycles. The zero-order valence-electron chi connectivity index (χ0n) is 11.0. The van der Waals surface area contributed by atoms with Gasteiger partial charge in [-0.1, -0.05) is 56.5 Å². The fourth-order valence-corrected chi connectivity index (χ4v) is 2.85. The van der Waals surface area contributed by atoms with Crippen LogP contribution in [-0.2, 0) is 11.2 Å². The molecule has 94 valence electrons. The number of benzene rings is 1. The molecular formula is C16H24O. The van der Waals surface area contributed by atoms with E-state index in [9.17, 15) is 0 Å². The third kappa shape index (κ3) is 3.57. The van der Waals surface area contributed by atoms with Crippen molar-refractivity contribution in [3.63, 3.8) is 0 Å². The summed E-state index contributed by atoms with van der Waals surface area (Å²) >= 11 is 0. The average molecular weight is 232 g/mol. The number of hydrogen-bond donors (Lipinski definition) is 0. The largest absolute Gasteiger partial charge is 0.375 e. The van der Waals surface area contributed by atoms with Crippen LogP contribution in [0.1, 0.15) is 51.0 Å². The van der Waals surface area contributed by atoms with Crippen molar-refractivity contribution >= 4 is 0 Å². The highest BCUT2D eigenvalue weighted by Crippen LogP contribution is 2.34. The van der Waals surface area contributed by atoms with Crippen LogP contribution in [0.25, 0.3) is 0 Å². The fraction of sp³-hybridized carbons (Fsp3) is 0.625. The van der Waals surface area contributed by atoms with Gasteiger partial charge in [0.1, 0.15) is 0 Å². The SMILES string of the molecule is CCCOC1(Cc2ccccc2)CCCCC1. The second-order valence-electron chi connectivity index (χ2n) is 5.25. The van der Waals surface area contributed by atoms with Gasteiger partial charge in [-0.05, 0) is 24.8 Å². The van der Waals surface area contributed by atoms with Crippen molar-refractivity contribution in [3.8, 4) is 0 Å². The predicted molar refractivity (Wildman–Crippen MR) is 72.2 cm³/mol. The molecule has 0 N–H and O–H groups in total. The lowest BCUT2D eigenvalue weighted by atomic mass is 9.80. The van der Waals surface area contributed by atoms with E-state index < -0.39 is 0 Å². The molecule has 0 radical (unpaired) electrons. The summed E-state index contributed by atoms with van der Waals surface area (Å²) in [6.07, 6.45) is 8.73. The molecule has 0 heterocycles. The predicted octanol–water partition coefficient (Wildman–Crippen LogP) is 4.36. The Labute approximate surface area is 105 Å². The van der Waals surface area contributed by atoms with Crippen LogP contribution in [-0.4, -0.2) is 12.2 Å². The zero-order valence-corrected chi connectivity index (χ0v) is 11.0. The minimum atomic E-state index is 0.135. The van der Waals surface area contributed by atoms with E-state index in [1.54, 1.807) is 0 Å². The first kappa shape index (κ1) is 12.6. The molecule has 0 saturated heterocycles. The van der Waals surface area contributed by atoms with E-state index in [2.05, 4.69) is 37.3 Å². The van der Waals surface area contributed by atoms with E-state index in [-0.39, 0.29) is 5.60 Å². The number of hydrogen-bond acceptors (Lipinski definition) is 1. The second kappa shape index (κ2) is 6.20. The summed E-state index contributed by atoms with van der Waals surface area (Å²) in [6.45, 7) is 3.10. The van der Waals surface area contributed by atoms with Gasteiger partial charge in [0, 0.05) is 13.0 Å². The van der Waals surface area contributed by atoms with Crippen molar-refractivity contribution in [1.29, 1.82) is 0 Å². The van der Waals surface area contributed by atoms with E-state index in [4.69, 9.17) is 4.74 Å². The first-order valence-electron chi connectivity index (χ1n) is 7.02. The van der Waals surface area contributed by atoms with Gasteiger partial charge in [-0.25, -0.2) is 0 Å². The Bertz CT molecular complexity index is 312. The van der Waals surface area contributed by atoms with Gasteiger partial charge in [-0.2, -0.15) is 0 Å². The summed E-state index contributed by atoms with van der Waals surface area (Å²) in [5, 5.41) is 0. The Morgan fingerprint density at radius 1 is 1.06 bits per heavy atom. The monoisotopic (exact) mass is 232 g/mol. The van der Waals surface area contributed by atoms with E-state index >= 15 is 0 Å². The van der Waals surface area contributed by atoms with Crippen LogP contribution in [0.4, 0.5) is 0 Å². The van der Waals surface area contributed by atoms with Crippen LogP contribution in [0, 0.1) is 0 Å². The summed E-state index contributed by atoms with van der Waals surface area (Å²) in [7, 11) is 0. The molecule has 0 unspecified atom stereocenters. The highest BCUT2D eigenvalue weighted by Gasteiger charge is 2.32. The first-order chi connectivity index (χ1) is 8.35. The Balaban J connectivity index is 2.04. The summed E-state index contributed by atoms with van der Waals surface area (Å²) in [6, 6.07) is 10.8. The van der Waals surface area contributed by atoms with Crippen LogP contribution in [0.15, 0.2) is 30.3 Å². The molecule has 2 rings (SSSR count). The van der Waals surface area contributed by atoms with Crippen LogP contribution in [0.2, 0.25) is 0 Å². The third-order valence-corrected chi connectivity index (χ3v) is 3.75. The van der Waals surface area contributed by atoms with Gasteiger partial charge in [0.05, 0.1) is 5.60 Å². The van der Waals surface area contributed by atoms with Crippen molar-refractivity contribution < 1.29 is 4.74 Å². The molecular weight excluding hydrogens is 208 g/mol. The van der Waals surface area contributed by atoms with Crippen LogP contribution >= 0.6 is 0 Å². The summed E-state index contributed by atoms with van der Waals surface area (Å²) in [5.74, 6) is 0. The Morgan fingerprint density at radius 2 is 1.76 bits per heavy atom. The minimum absolute atomic E-state index is 0.135. The lowest BCUT2D eigenvalue weighted by Gasteiger charge is -2.37. The molecule has 0 spiro atoms. The molecule has 0 bridgehead atoms. The molecule has 1 fully saturated rings. The van der Waals surface area contributed by atoms with Crippen LogP contribution in [0.3, 0.4) is 0 Å². The number of rotatable bonds is 5. The van der Waals surface area contributed by atoms with Gasteiger partial charge in [0.15, 0.2) is 0 Å². The van der Waals surface area contributed by atoms with Crippen molar-refractivity contribution in [1.82, 2.24) is 0 Å². The molecule has 1 aromatic rings. The maximum Gasteiger partial charge on any atom is 0.0722 e. The van der Waals surface area contributed by atoms with Crippen molar-refractivity contribution in [2.24, 2.45) is 0 Å². The highest BCUT2D eigenvalue weighted by molar-refractivity contribution is 5.17. The molecule has 0 aliphatic heterocycles. The summed E-state index contributed by atoms with van der Waals surface area (Å²) in [5.41, 5.74) is 1.56. The Kier molecular flexibility index (Phi) is 4.61. The molecule has 1 nitrogen and oxygen atoms in total. The van der Waals surface area contributed by atoms with Gasteiger partial charge in [0.25, 0.3) is 0 Å². The maximum absolute atomic E-state index is 6.22. The van der Waals surface area contributed by atoms with E-state index in [0.29, 0.717) is 0 Å². The first-order valence-corrected chi connectivity index (χ1v) is 7.02. The van der Waals surface area contributed by atoms with Gasteiger partial charge < -0.3 is 4.74 Å². The van der Waals surface area contributed by atoms with Gasteiger partial charge in [-0.15, -0.1) is 0 Å². The molecule has 1 aromatic carbocycles. The molecule has 17 heavy (non-hydrogen) atoms. The molecule has 0 atom stereocenters. The lowest BCUT2D eigenvalue weighted by molar-refractivity contribution is -0.0694. The molecule has 0 aromatic heterocycles. The Hall–Kier alpha value is -0.820. The van der Waals surface area contributed by atoms with Crippen LogP contribution in [0.5, 0.6) is 0 Å². The lowest BCUT2D eigenvalue weighted by Crippen LogP contribution is -2.37. The average Bonchev–Trinajstić information content (AvgIpc) is 2.39. The van der Waals surface area contributed by atoms with Gasteiger partial charge in [-0.3, -0.25) is 0 Å². The standard InChI is InChI=1S/C16H24O/c1-2-13-17-16(11-7-4-8-12-16)14-15-9-5-3-6-10-15/h3,5-6,9-10H,2,4,7-8,11-14H2,1H3.